The Labute approximate surface area is 154 Å². The Bertz CT molecular complexity index is 990. The fourth-order valence-corrected chi connectivity index (χ4v) is 3.78. The van der Waals surface area contributed by atoms with Crippen LogP contribution in [0, 0.1) is 10.1 Å². The molecule has 0 fully saturated rings. The summed E-state index contributed by atoms with van der Waals surface area (Å²) in [7, 11) is 0. The van der Waals surface area contributed by atoms with E-state index in [2.05, 4.69) is 10.3 Å². The minimum atomic E-state index is -0.689. The van der Waals surface area contributed by atoms with Crippen LogP contribution in [0.25, 0.3) is 10.2 Å². The molecule has 122 valence electrons. The predicted molar refractivity (Wildman–Crippen MR) is 95.7 cm³/mol. The van der Waals surface area contributed by atoms with Crippen molar-refractivity contribution in [2.45, 2.75) is 0 Å². The number of rotatable bonds is 3. The average molecular weight is 403 g/mol. The van der Waals surface area contributed by atoms with Gasteiger partial charge in [-0.1, -0.05) is 46.1 Å². The number of fused-ring (bicyclic) bond motifs is 1. The van der Waals surface area contributed by atoms with Crippen molar-refractivity contribution in [3.63, 3.8) is 0 Å². The number of halogens is 3. The number of aromatic nitrogens is 1. The van der Waals surface area contributed by atoms with Crippen LogP contribution in [0.15, 0.2) is 30.3 Å². The van der Waals surface area contributed by atoms with Gasteiger partial charge in [0.25, 0.3) is 11.6 Å². The van der Waals surface area contributed by atoms with Crippen molar-refractivity contribution in [1.29, 1.82) is 0 Å². The van der Waals surface area contributed by atoms with Crippen LogP contribution in [0.4, 0.5) is 10.8 Å². The molecule has 0 unspecified atom stereocenters. The lowest BCUT2D eigenvalue weighted by atomic mass is 10.1. The minimum absolute atomic E-state index is 0.157. The van der Waals surface area contributed by atoms with Crippen molar-refractivity contribution in [2.24, 2.45) is 0 Å². The van der Waals surface area contributed by atoms with Crippen LogP contribution < -0.4 is 5.32 Å². The van der Waals surface area contributed by atoms with Crippen LogP contribution >= 0.6 is 46.1 Å². The zero-order chi connectivity index (χ0) is 17.4. The first-order chi connectivity index (χ1) is 11.3. The average Bonchev–Trinajstić information content (AvgIpc) is 2.89. The number of carbonyl (C=O) groups excluding carboxylic acids is 1. The zero-order valence-electron chi connectivity index (χ0n) is 11.5. The number of thiazole rings is 1. The number of nitro groups is 1. The van der Waals surface area contributed by atoms with Crippen molar-refractivity contribution in [2.75, 3.05) is 5.32 Å². The first-order valence-electron chi connectivity index (χ1n) is 6.36. The van der Waals surface area contributed by atoms with Gasteiger partial charge in [-0.05, 0) is 24.3 Å². The molecule has 10 heteroatoms. The Morgan fingerprint density at radius 3 is 2.62 bits per heavy atom. The quantitative estimate of drug-likeness (QED) is 0.468. The Balaban J connectivity index is 1.97. The maximum atomic E-state index is 12.4. The molecule has 3 rings (SSSR count). The lowest BCUT2D eigenvalue weighted by Crippen LogP contribution is -2.13. The molecule has 0 radical (unpaired) electrons. The van der Waals surface area contributed by atoms with E-state index in [1.54, 1.807) is 12.1 Å². The van der Waals surface area contributed by atoms with Crippen molar-refractivity contribution in [1.82, 2.24) is 4.98 Å². The van der Waals surface area contributed by atoms with Gasteiger partial charge in [0, 0.05) is 16.1 Å². The van der Waals surface area contributed by atoms with Crippen LogP contribution in [0.5, 0.6) is 0 Å². The number of benzene rings is 2. The molecule has 1 N–H and O–H groups in total. The minimum Gasteiger partial charge on any atom is -0.298 e. The van der Waals surface area contributed by atoms with Crippen molar-refractivity contribution in [3.8, 4) is 0 Å². The third-order valence-corrected chi connectivity index (χ3v) is 4.69. The molecule has 1 aromatic heterocycles. The first kappa shape index (κ1) is 16.9. The molecular formula is C14H6Cl3N3O3S. The maximum Gasteiger partial charge on any atom is 0.282 e. The van der Waals surface area contributed by atoms with E-state index in [1.165, 1.54) is 18.2 Å². The van der Waals surface area contributed by atoms with E-state index in [0.717, 1.165) is 11.3 Å². The Morgan fingerprint density at radius 1 is 1.17 bits per heavy atom. The van der Waals surface area contributed by atoms with Gasteiger partial charge in [-0.25, -0.2) is 4.98 Å². The fourth-order valence-electron chi connectivity index (χ4n) is 2.02. The standard InChI is InChI=1S/C14H6Cl3N3O3S/c15-6-1-2-10(20(22)23)8(3-6)13(21)19-14-18-12-9(17)4-7(16)5-11(12)24-14/h1-5H,(H,18,19,21). The summed E-state index contributed by atoms with van der Waals surface area (Å²) in [5, 5.41) is 14.8. The highest BCUT2D eigenvalue weighted by atomic mass is 35.5. The van der Waals surface area contributed by atoms with Crippen LogP contribution in [0.1, 0.15) is 10.4 Å². The molecule has 1 amide bonds. The Kier molecular flexibility index (Phi) is 4.60. The van der Waals surface area contributed by atoms with E-state index >= 15 is 0 Å². The number of anilines is 1. The van der Waals surface area contributed by atoms with Crippen LogP contribution in [0.3, 0.4) is 0 Å². The second-order valence-electron chi connectivity index (χ2n) is 4.63. The molecule has 0 aliphatic rings. The molecule has 3 aromatic rings. The number of amides is 1. The first-order valence-corrected chi connectivity index (χ1v) is 8.31. The smallest absolute Gasteiger partial charge is 0.282 e. The number of nitrogens with zero attached hydrogens (tertiary/aromatic N) is 2. The Hall–Kier alpha value is -1.93. The number of carbonyl (C=O) groups is 1. The summed E-state index contributed by atoms with van der Waals surface area (Å²) in [4.78, 5) is 27.0. The van der Waals surface area contributed by atoms with Crippen molar-refractivity contribution < 1.29 is 9.72 Å². The summed E-state index contributed by atoms with van der Waals surface area (Å²) < 4.78 is 0.684. The van der Waals surface area contributed by atoms with Gasteiger partial charge in [0.1, 0.15) is 11.1 Å². The maximum absolute atomic E-state index is 12.4. The topological polar surface area (TPSA) is 85.1 Å². The largest absolute Gasteiger partial charge is 0.298 e. The summed E-state index contributed by atoms with van der Waals surface area (Å²) in [6.07, 6.45) is 0. The number of hydrogen-bond donors (Lipinski definition) is 1. The molecule has 0 saturated carbocycles. The number of nitro benzene ring substituents is 1. The van der Waals surface area contributed by atoms with Gasteiger partial charge in [-0.3, -0.25) is 20.2 Å². The second kappa shape index (κ2) is 6.52. The molecule has 0 atom stereocenters. The molecule has 0 aliphatic heterocycles. The molecule has 24 heavy (non-hydrogen) atoms. The number of hydrogen-bond acceptors (Lipinski definition) is 5. The summed E-state index contributed by atoms with van der Waals surface area (Å²) in [6, 6.07) is 6.95. The predicted octanol–water partition coefficient (Wildman–Crippen LogP) is 5.42. The highest BCUT2D eigenvalue weighted by Gasteiger charge is 2.22. The van der Waals surface area contributed by atoms with E-state index in [0.29, 0.717) is 20.3 Å². The molecular weight excluding hydrogens is 397 g/mol. The van der Waals surface area contributed by atoms with Crippen molar-refractivity contribution in [3.05, 3.63) is 61.1 Å². The fraction of sp³-hybridized carbons (Fsp3) is 0. The molecule has 0 aliphatic carbocycles. The van der Waals surface area contributed by atoms with Crippen LogP contribution in [-0.4, -0.2) is 15.8 Å². The van der Waals surface area contributed by atoms with Crippen LogP contribution in [-0.2, 0) is 0 Å². The highest BCUT2D eigenvalue weighted by molar-refractivity contribution is 7.22. The van der Waals surface area contributed by atoms with Gasteiger partial charge in [0.15, 0.2) is 5.13 Å². The zero-order valence-corrected chi connectivity index (χ0v) is 14.6. The molecule has 2 aromatic carbocycles. The monoisotopic (exact) mass is 401 g/mol. The normalized spacial score (nSPS) is 10.8. The lowest BCUT2D eigenvalue weighted by molar-refractivity contribution is -0.385. The van der Waals surface area contributed by atoms with Gasteiger partial charge >= 0.3 is 0 Å². The second-order valence-corrected chi connectivity index (χ2v) is 6.94. The van der Waals surface area contributed by atoms with E-state index in [4.69, 9.17) is 34.8 Å². The van der Waals surface area contributed by atoms with Gasteiger partial charge in [-0.2, -0.15) is 0 Å². The third-order valence-electron chi connectivity index (χ3n) is 3.03. The van der Waals surface area contributed by atoms with E-state index < -0.39 is 10.8 Å². The number of nitrogens with one attached hydrogen (secondary N) is 1. The molecule has 0 saturated heterocycles. The SMILES string of the molecule is O=C(Nc1nc2c(Cl)cc(Cl)cc2s1)c1cc(Cl)ccc1[N+](=O)[O-]. The summed E-state index contributed by atoms with van der Waals surface area (Å²) in [5.41, 5.74) is -0.0167. The van der Waals surface area contributed by atoms with E-state index in [1.807, 2.05) is 0 Å². The summed E-state index contributed by atoms with van der Waals surface area (Å²) >= 11 is 19.0. The molecule has 0 spiro atoms. The highest BCUT2D eigenvalue weighted by Crippen LogP contribution is 2.34. The Morgan fingerprint density at radius 2 is 1.92 bits per heavy atom. The summed E-state index contributed by atoms with van der Waals surface area (Å²) in [6.45, 7) is 0. The van der Waals surface area contributed by atoms with Crippen molar-refractivity contribution >= 4 is 73.1 Å². The van der Waals surface area contributed by atoms with Gasteiger partial charge < -0.3 is 0 Å². The molecule has 0 bridgehead atoms. The van der Waals surface area contributed by atoms with Gasteiger partial charge in [0.05, 0.1) is 14.6 Å². The summed E-state index contributed by atoms with van der Waals surface area (Å²) in [5.74, 6) is -0.689. The van der Waals surface area contributed by atoms with Crippen LogP contribution in [0.2, 0.25) is 15.1 Å². The molecule has 6 nitrogen and oxygen atoms in total. The van der Waals surface area contributed by atoms with E-state index in [-0.39, 0.29) is 21.4 Å². The van der Waals surface area contributed by atoms with Gasteiger partial charge in [-0.15, -0.1) is 0 Å². The van der Waals surface area contributed by atoms with Gasteiger partial charge in [0.2, 0.25) is 0 Å². The molecule has 1 heterocycles. The van der Waals surface area contributed by atoms with E-state index in [9.17, 15) is 14.9 Å². The third kappa shape index (κ3) is 3.29. The lowest BCUT2D eigenvalue weighted by Gasteiger charge is -2.03.